The van der Waals surface area contributed by atoms with E-state index >= 15 is 0 Å². The van der Waals surface area contributed by atoms with Gasteiger partial charge in [0.15, 0.2) is 5.69 Å². The van der Waals surface area contributed by atoms with Crippen LogP contribution in [0.25, 0.3) is 11.5 Å². The number of nitrogens with one attached hydrogen (secondary N) is 1. The van der Waals surface area contributed by atoms with Crippen LogP contribution in [0.5, 0.6) is 0 Å². The second-order valence-corrected chi connectivity index (χ2v) is 4.52. The molecule has 1 amide bonds. The maximum absolute atomic E-state index is 11.9. The maximum atomic E-state index is 11.9. The van der Waals surface area contributed by atoms with Crippen molar-refractivity contribution < 1.29 is 18.2 Å². The molecule has 0 saturated carbocycles. The van der Waals surface area contributed by atoms with Crippen molar-refractivity contribution in [2.45, 2.75) is 20.8 Å². The van der Waals surface area contributed by atoms with Crippen LogP contribution >= 0.6 is 0 Å². The van der Waals surface area contributed by atoms with Crippen LogP contribution in [0.1, 0.15) is 27.8 Å². The summed E-state index contributed by atoms with van der Waals surface area (Å²) in [4.78, 5) is 11.9. The molecule has 0 bridgehead atoms. The van der Waals surface area contributed by atoms with Crippen LogP contribution in [0, 0.1) is 20.8 Å². The Balaban J connectivity index is 1.79. The van der Waals surface area contributed by atoms with Crippen molar-refractivity contribution in [1.82, 2.24) is 15.4 Å². The number of hydrogen-bond donors (Lipinski definition) is 1. The number of furan rings is 1. The fourth-order valence-corrected chi connectivity index (χ4v) is 1.86. The molecule has 8 heteroatoms. The molecule has 0 aliphatic rings. The number of amides is 1. The van der Waals surface area contributed by atoms with Gasteiger partial charge in [-0.05, 0) is 26.8 Å². The van der Waals surface area contributed by atoms with Gasteiger partial charge >= 0.3 is 6.01 Å². The number of nitrogens with zero attached hydrogens (tertiary/aromatic N) is 3. The highest BCUT2D eigenvalue weighted by molar-refractivity contribution is 6.01. The minimum Gasteiger partial charge on any atom is -0.466 e. The number of carbonyl (C=O) groups is 1. The molecule has 0 saturated heterocycles. The molecule has 3 rings (SSSR count). The van der Waals surface area contributed by atoms with Crippen LogP contribution in [-0.4, -0.2) is 21.3 Å². The first-order valence-corrected chi connectivity index (χ1v) is 6.18. The van der Waals surface area contributed by atoms with E-state index in [0.717, 1.165) is 5.76 Å². The zero-order chi connectivity index (χ0) is 15.0. The van der Waals surface area contributed by atoms with Gasteiger partial charge in [-0.1, -0.05) is 10.3 Å². The average Bonchev–Trinajstić information content (AvgIpc) is 3.10. The van der Waals surface area contributed by atoms with Gasteiger partial charge in [0, 0.05) is 6.07 Å². The summed E-state index contributed by atoms with van der Waals surface area (Å²) in [5, 5.41) is 13.7. The molecule has 3 aromatic rings. The van der Waals surface area contributed by atoms with Crippen molar-refractivity contribution in [3.8, 4) is 11.5 Å². The lowest BCUT2D eigenvalue weighted by molar-refractivity contribution is 0.101. The fourth-order valence-electron chi connectivity index (χ4n) is 1.86. The number of aryl methyl sites for hydroxylation is 3. The lowest BCUT2D eigenvalue weighted by atomic mass is 10.2. The quantitative estimate of drug-likeness (QED) is 0.788. The average molecular weight is 288 g/mol. The Morgan fingerprint density at radius 1 is 1.10 bits per heavy atom. The summed E-state index contributed by atoms with van der Waals surface area (Å²) in [6, 6.07) is 3.28. The molecular formula is C13H12N4O4. The first-order chi connectivity index (χ1) is 10.0. The molecule has 1 N–H and O–H groups in total. The summed E-state index contributed by atoms with van der Waals surface area (Å²) >= 11 is 0. The molecule has 0 unspecified atom stereocenters. The molecule has 8 nitrogen and oxygen atoms in total. The summed E-state index contributed by atoms with van der Waals surface area (Å²) in [5.41, 5.74) is 0.834. The van der Waals surface area contributed by atoms with E-state index in [1.165, 1.54) is 6.07 Å². The number of carbonyl (C=O) groups excluding carboxylic acids is 1. The van der Waals surface area contributed by atoms with E-state index in [-0.39, 0.29) is 17.6 Å². The van der Waals surface area contributed by atoms with Gasteiger partial charge in [-0.25, -0.2) is 0 Å². The first-order valence-electron chi connectivity index (χ1n) is 6.18. The third kappa shape index (κ3) is 2.55. The van der Waals surface area contributed by atoms with Crippen LogP contribution < -0.4 is 5.32 Å². The van der Waals surface area contributed by atoms with Crippen molar-refractivity contribution in [3.63, 3.8) is 0 Å². The third-order valence-corrected chi connectivity index (χ3v) is 2.78. The van der Waals surface area contributed by atoms with E-state index in [4.69, 9.17) is 13.4 Å². The van der Waals surface area contributed by atoms with Crippen LogP contribution in [0.15, 0.2) is 25.5 Å². The Kier molecular flexibility index (Phi) is 3.05. The second-order valence-electron chi connectivity index (χ2n) is 4.52. The van der Waals surface area contributed by atoms with E-state index in [2.05, 4.69) is 20.7 Å². The van der Waals surface area contributed by atoms with Crippen molar-refractivity contribution >= 4 is 11.9 Å². The Morgan fingerprint density at radius 3 is 2.52 bits per heavy atom. The molecule has 0 aromatic carbocycles. The number of anilines is 1. The van der Waals surface area contributed by atoms with Gasteiger partial charge in [0.05, 0.1) is 5.56 Å². The molecular weight excluding hydrogens is 276 g/mol. The minimum atomic E-state index is -0.484. The topological polar surface area (TPSA) is 107 Å². The predicted molar refractivity (Wildman–Crippen MR) is 70.7 cm³/mol. The molecule has 21 heavy (non-hydrogen) atoms. The summed E-state index contributed by atoms with van der Waals surface area (Å²) in [6.07, 6.45) is 0. The summed E-state index contributed by atoms with van der Waals surface area (Å²) in [7, 11) is 0. The van der Waals surface area contributed by atoms with Crippen molar-refractivity contribution in [2.75, 3.05) is 5.32 Å². The highest BCUT2D eigenvalue weighted by Gasteiger charge is 2.17. The van der Waals surface area contributed by atoms with E-state index in [1.807, 2.05) is 6.92 Å². The molecule has 3 heterocycles. The lowest BCUT2D eigenvalue weighted by Crippen LogP contribution is -2.12. The lowest BCUT2D eigenvalue weighted by Gasteiger charge is -1.94. The maximum Gasteiger partial charge on any atom is 0.322 e. The van der Waals surface area contributed by atoms with Crippen LogP contribution in [0.4, 0.5) is 6.01 Å². The van der Waals surface area contributed by atoms with Crippen LogP contribution in [0.2, 0.25) is 0 Å². The highest BCUT2D eigenvalue weighted by atomic mass is 16.5. The SMILES string of the molecule is Cc1cc(C(=O)Nc2nnc(-c3cc(C)oc3C)o2)no1. The molecule has 0 fully saturated rings. The van der Waals surface area contributed by atoms with Gasteiger partial charge in [-0.3, -0.25) is 10.1 Å². The molecule has 0 atom stereocenters. The predicted octanol–water partition coefficient (Wildman–Crippen LogP) is 2.50. The van der Waals surface area contributed by atoms with Gasteiger partial charge in [-0.15, -0.1) is 5.10 Å². The van der Waals surface area contributed by atoms with Crippen molar-refractivity contribution in [3.05, 3.63) is 35.1 Å². The summed E-state index contributed by atoms with van der Waals surface area (Å²) < 4.78 is 15.6. The third-order valence-electron chi connectivity index (χ3n) is 2.78. The normalized spacial score (nSPS) is 10.8. The molecule has 108 valence electrons. The molecule has 0 spiro atoms. The smallest absolute Gasteiger partial charge is 0.322 e. The number of rotatable bonds is 3. The van der Waals surface area contributed by atoms with Gasteiger partial charge in [0.1, 0.15) is 17.3 Å². The second kappa shape index (κ2) is 4.89. The van der Waals surface area contributed by atoms with Crippen LogP contribution in [-0.2, 0) is 0 Å². The van der Waals surface area contributed by atoms with E-state index < -0.39 is 5.91 Å². The minimum absolute atomic E-state index is 0.0195. The van der Waals surface area contributed by atoms with Crippen molar-refractivity contribution in [2.24, 2.45) is 0 Å². The van der Waals surface area contributed by atoms with Gasteiger partial charge in [0.2, 0.25) is 0 Å². The highest BCUT2D eigenvalue weighted by Crippen LogP contribution is 2.26. The van der Waals surface area contributed by atoms with E-state index in [9.17, 15) is 4.79 Å². The number of aromatic nitrogens is 3. The fraction of sp³-hybridized carbons (Fsp3) is 0.231. The largest absolute Gasteiger partial charge is 0.466 e. The van der Waals surface area contributed by atoms with Crippen LogP contribution in [0.3, 0.4) is 0 Å². The Bertz CT molecular complexity index is 799. The van der Waals surface area contributed by atoms with Gasteiger partial charge < -0.3 is 13.4 Å². The molecule has 0 radical (unpaired) electrons. The summed E-state index contributed by atoms with van der Waals surface area (Å²) in [6.45, 7) is 5.31. The van der Waals surface area contributed by atoms with Gasteiger partial charge in [0.25, 0.3) is 11.8 Å². The summed E-state index contributed by atoms with van der Waals surface area (Å²) in [5.74, 6) is 1.74. The van der Waals surface area contributed by atoms with E-state index in [1.54, 1.807) is 19.9 Å². The molecule has 3 aromatic heterocycles. The first kappa shape index (κ1) is 13.1. The number of hydrogen-bond acceptors (Lipinski definition) is 7. The Morgan fingerprint density at radius 2 is 1.90 bits per heavy atom. The molecule has 0 aliphatic carbocycles. The zero-order valence-corrected chi connectivity index (χ0v) is 11.6. The standard InChI is InChI=1S/C13H12N4O4/c1-6-4-9(8(3)19-6)12-15-16-13(20-12)14-11(18)10-5-7(2)21-17-10/h4-5H,1-3H3,(H,14,16,18). The van der Waals surface area contributed by atoms with Gasteiger partial charge in [-0.2, -0.15) is 0 Å². The zero-order valence-electron chi connectivity index (χ0n) is 11.6. The Labute approximate surface area is 119 Å². The van der Waals surface area contributed by atoms with E-state index in [0.29, 0.717) is 17.1 Å². The Hall–Kier alpha value is -2.90. The molecule has 0 aliphatic heterocycles. The monoisotopic (exact) mass is 288 g/mol. The van der Waals surface area contributed by atoms with Crippen molar-refractivity contribution in [1.29, 1.82) is 0 Å².